The highest BCUT2D eigenvalue weighted by atomic mass is 16.2. The van der Waals surface area contributed by atoms with Gasteiger partial charge < -0.3 is 0 Å². The molecular weight excluding hydrogens is 320 g/mol. The van der Waals surface area contributed by atoms with Crippen LogP contribution < -0.4 is 0 Å². The van der Waals surface area contributed by atoms with E-state index in [2.05, 4.69) is 0 Å². The Bertz CT molecular complexity index is 826. The summed E-state index contributed by atoms with van der Waals surface area (Å²) in [7, 11) is 0. The van der Waals surface area contributed by atoms with Crippen molar-refractivity contribution in [2.24, 2.45) is 5.41 Å². The molecule has 0 radical (unpaired) electrons. The average Bonchev–Trinajstić information content (AvgIpc) is 2.69. The van der Waals surface area contributed by atoms with E-state index < -0.39 is 5.41 Å². The Morgan fingerprint density at radius 1 is 0.654 bits per heavy atom. The molecule has 0 fully saturated rings. The van der Waals surface area contributed by atoms with Crippen LogP contribution in [0.1, 0.15) is 28.4 Å². The second-order valence-corrected chi connectivity index (χ2v) is 6.66. The summed E-state index contributed by atoms with van der Waals surface area (Å²) < 4.78 is 0. The molecule has 0 atom stereocenters. The monoisotopic (exact) mass is 342 g/mol. The minimum Gasteiger partial charge on any atom is -0.299 e. The lowest BCUT2D eigenvalue weighted by atomic mass is 9.69. The molecule has 3 aromatic carbocycles. The molecule has 0 aromatic heterocycles. The van der Waals surface area contributed by atoms with Crippen molar-refractivity contribution in [3.8, 4) is 0 Å². The number of carbonyl (C=O) groups is 2. The fourth-order valence-corrected chi connectivity index (χ4v) is 3.39. The predicted molar refractivity (Wildman–Crippen MR) is 104 cm³/mol. The first kappa shape index (κ1) is 17.8. The van der Waals surface area contributed by atoms with Gasteiger partial charge in [0.25, 0.3) is 0 Å². The molecule has 0 spiro atoms. The van der Waals surface area contributed by atoms with Gasteiger partial charge in [0.1, 0.15) is 5.78 Å². The molecule has 2 heteroatoms. The first-order chi connectivity index (χ1) is 12.6. The van der Waals surface area contributed by atoms with Gasteiger partial charge in [0, 0.05) is 5.56 Å². The Hall–Kier alpha value is -3.00. The van der Waals surface area contributed by atoms with E-state index in [9.17, 15) is 9.59 Å². The molecule has 0 amide bonds. The highest BCUT2D eigenvalue weighted by Crippen LogP contribution is 2.33. The van der Waals surface area contributed by atoms with E-state index >= 15 is 0 Å². The summed E-state index contributed by atoms with van der Waals surface area (Å²) in [6, 6.07) is 28.7. The van der Waals surface area contributed by atoms with Crippen molar-refractivity contribution < 1.29 is 9.59 Å². The van der Waals surface area contributed by atoms with E-state index in [-0.39, 0.29) is 11.6 Å². The van der Waals surface area contributed by atoms with Crippen molar-refractivity contribution in [1.29, 1.82) is 0 Å². The Morgan fingerprint density at radius 3 is 1.42 bits per heavy atom. The van der Waals surface area contributed by atoms with Crippen LogP contribution in [0.5, 0.6) is 0 Å². The van der Waals surface area contributed by atoms with Gasteiger partial charge in [0.05, 0.1) is 5.41 Å². The van der Waals surface area contributed by atoms with Gasteiger partial charge in [0.2, 0.25) is 0 Å². The first-order valence-electron chi connectivity index (χ1n) is 8.80. The lowest BCUT2D eigenvalue weighted by Gasteiger charge is -2.30. The minimum atomic E-state index is -1.11. The molecule has 0 aliphatic heterocycles. The molecule has 0 saturated carbocycles. The van der Waals surface area contributed by atoms with Crippen molar-refractivity contribution in [2.75, 3.05) is 0 Å². The number of Topliss-reactive ketones (excluding diaryl/α,β-unsaturated/α-hetero) is 2. The zero-order chi connectivity index (χ0) is 18.4. The van der Waals surface area contributed by atoms with Crippen molar-refractivity contribution in [3.05, 3.63) is 108 Å². The topological polar surface area (TPSA) is 34.1 Å². The average molecular weight is 342 g/mol. The lowest BCUT2D eigenvalue weighted by molar-refractivity contribution is -0.124. The number of rotatable bonds is 7. The number of ketones is 2. The fraction of sp³-hybridized carbons (Fsp3) is 0.167. The standard InChI is InChI=1S/C24H22O2/c1-19(25)24(17-20-11-5-2-6-12-20,18-21-13-7-3-8-14-21)23(26)22-15-9-4-10-16-22/h2-16H,17-18H2,1H3. The van der Waals surface area contributed by atoms with Gasteiger partial charge in [-0.2, -0.15) is 0 Å². The summed E-state index contributed by atoms with van der Waals surface area (Å²) in [6.45, 7) is 1.53. The SMILES string of the molecule is CC(=O)C(Cc1ccccc1)(Cc1ccccc1)C(=O)c1ccccc1. The molecule has 0 N–H and O–H groups in total. The maximum absolute atomic E-state index is 13.5. The smallest absolute Gasteiger partial charge is 0.177 e. The summed E-state index contributed by atoms with van der Waals surface area (Å²) in [5, 5.41) is 0. The minimum absolute atomic E-state index is 0.0981. The second-order valence-electron chi connectivity index (χ2n) is 6.66. The van der Waals surface area contributed by atoms with E-state index in [1.165, 1.54) is 6.92 Å². The zero-order valence-corrected chi connectivity index (χ0v) is 14.9. The van der Waals surface area contributed by atoms with E-state index in [1.54, 1.807) is 12.1 Å². The van der Waals surface area contributed by atoms with Gasteiger partial charge in [-0.15, -0.1) is 0 Å². The first-order valence-corrected chi connectivity index (χ1v) is 8.80. The molecule has 130 valence electrons. The van der Waals surface area contributed by atoms with Gasteiger partial charge in [-0.05, 0) is 30.9 Å². The van der Waals surface area contributed by atoms with E-state index in [0.717, 1.165) is 11.1 Å². The highest BCUT2D eigenvalue weighted by molar-refractivity contribution is 6.14. The van der Waals surface area contributed by atoms with E-state index in [0.29, 0.717) is 18.4 Å². The third-order valence-electron chi connectivity index (χ3n) is 4.84. The molecular formula is C24H22O2. The molecule has 0 saturated heterocycles. The molecule has 0 bridgehead atoms. The third-order valence-corrected chi connectivity index (χ3v) is 4.84. The Balaban J connectivity index is 2.08. The van der Waals surface area contributed by atoms with Crippen LogP contribution in [-0.4, -0.2) is 11.6 Å². The van der Waals surface area contributed by atoms with Gasteiger partial charge in [-0.25, -0.2) is 0 Å². The van der Waals surface area contributed by atoms with Crippen molar-refractivity contribution in [1.82, 2.24) is 0 Å². The van der Waals surface area contributed by atoms with Crippen LogP contribution >= 0.6 is 0 Å². The highest BCUT2D eigenvalue weighted by Gasteiger charge is 2.43. The van der Waals surface area contributed by atoms with E-state index in [1.807, 2.05) is 78.9 Å². The maximum atomic E-state index is 13.5. The summed E-state index contributed by atoms with van der Waals surface area (Å²) in [5.41, 5.74) is 1.45. The van der Waals surface area contributed by atoms with Crippen LogP contribution in [0.15, 0.2) is 91.0 Å². The molecule has 3 rings (SSSR count). The van der Waals surface area contributed by atoms with Crippen LogP contribution in [0.3, 0.4) is 0 Å². The normalized spacial score (nSPS) is 11.1. The van der Waals surface area contributed by atoms with Gasteiger partial charge in [-0.3, -0.25) is 9.59 Å². The number of carbonyl (C=O) groups excluding carboxylic acids is 2. The second kappa shape index (κ2) is 7.92. The fourth-order valence-electron chi connectivity index (χ4n) is 3.39. The number of hydrogen-bond donors (Lipinski definition) is 0. The largest absolute Gasteiger partial charge is 0.299 e. The third kappa shape index (κ3) is 3.80. The molecule has 0 aliphatic carbocycles. The Kier molecular flexibility index (Phi) is 5.43. The number of hydrogen-bond acceptors (Lipinski definition) is 2. The Morgan fingerprint density at radius 2 is 1.04 bits per heavy atom. The van der Waals surface area contributed by atoms with Gasteiger partial charge >= 0.3 is 0 Å². The quantitative estimate of drug-likeness (QED) is 0.451. The molecule has 2 nitrogen and oxygen atoms in total. The summed E-state index contributed by atoms with van der Waals surface area (Å²) in [6.07, 6.45) is 0.789. The zero-order valence-electron chi connectivity index (χ0n) is 14.9. The van der Waals surface area contributed by atoms with Crippen molar-refractivity contribution in [3.63, 3.8) is 0 Å². The summed E-state index contributed by atoms with van der Waals surface area (Å²) >= 11 is 0. The van der Waals surface area contributed by atoms with E-state index in [4.69, 9.17) is 0 Å². The van der Waals surface area contributed by atoms with Crippen LogP contribution in [0.25, 0.3) is 0 Å². The molecule has 0 unspecified atom stereocenters. The molecule has 26 heavy (non-hydrogen) atoms. The summed E-state index contributed by atoms with van der Waals surface area (Å²) in [5.74, 6) is -0.211. The van der Waals surface area contributed by atoms with Crippen LogP contribution in [-0.2, 0) is 17.6 Å². The number of benzene rings is 3. The summed E-state index contributed by atoms with van der Waals surface area (Å²) in [4.78, 5) is 26.4. The van der Waals surface area contributed by atoms with Crippen LogP contribution in [0.2, 0.25) is 0 Å². The maximum Gasteiger partial charge on any atom is 0.177 e. The van der Waals surface area contributed by atoms with Gasteiger partial charge in [0.15, 0.2) is 5.78 Å². The molecule has 0 aliphatic rings. The molecule has 0 heterocycles. The van der Waals surface area contributed by atoms with Crippen LogP contribution in [0, 0.1) is 5.41 Å². The van der Waals surface area contributed by atoms with Gasteiger partial charge in [-0.1, -0.05) is 91.0 Å². The van der Waals surface area contributed by atoms with Crippen molar-refractivity contribution >= 4 is 11.6 Å². The molecule has 3 aromatic rings. The predicted octanol–water partition coefficient (Wildman–Crippen LogP) is 4.93. The Labute approximate surface area is 154 Å². The lowest BCUT2D eigenvalue weighted by Crippen LogP contribution is -2.42. The van der Waals surface area contributed by atoms with Crippen molar-refractivity contribution in [2.45, 2.75) is 19.8 Å². The van der Waals surface area contributed by atoms with Crippen LogP contribution in [0.4, 0.5) is 0 Å².